The summed E-state index contributed by atoms with van der Waals surface area (Å²) >= 11 is 0. The van der Waals surface area contributed by atoms with Gasteiger partial charge in [0.15, 0.2) is 0 Å². The fourth-order valence-electron chi connectivity index (χ4n) is 1.84. The molecule has 4 nitrogen and oxygen atoms in total. The zero-order chi connectivity index (χ0) is 13.2. The maximum Gasteiger partial charge on any atom is 0.280 e. The molecule has 94 valence electrons. The molecule has 1 fully saturated rings. The van der Waals surface area contributed by atoms with Gasteiger partial charge in [0.05, 0.1) is 0 Å². The van der Waals surface area contributed by atoms with Crippen molar-refractivity contribution in [3.63, 3.8) is 0 Å². The van der Waals surface area contributed by atoms with Crippen LogP contribution in [0.2, 0.25) is 0 Å². The molecule has 0 N–H and O–H groups in total. The molecule has 3 rings (SSSR count). The van der Waals surface area contributed by atoms with Gasteiger partial charge in [-0.05, 0) is 12.1 Å². The van der Waals surface area contributed by atoms with Crippen molar-refractivity contribution in [2.75, 3.05) is 0 Å². The summed E-state index contributed by atoms with van der Waals surface area (Å²) in [5, 5.41) is 1.10. The molecular weight excluding hydrogens is 242 g/mol. The van der Waals surface area contributed by atoms with Gasteiger partial charge < -0.3 is 0 Å². The number of carbonyl (C=O) groups is 2. The van der Waals surface area contributed by atoms with E-state index >= 15 is 0 Å². The molecule has 1 unspecified atom stereocenters. The summed E-state index contributed by atoms with van der Waals surface area (Å²) in [4.78, 5) is 29.1. The van der Waals surface area contributed by atoms with Gasteiger partial charge in [-0.15, -0.1) is 0 Å². The molecule has 1 heterocycles. The lowest BCUT2D eigenvalue weighted by Gasteiger charge is -1.99. The fourth-order valence-corrected chi connectivity index (χ4v) is 1.84. The molecule has 0 saturated carbocycles. The maximum absolute atomic E-state index is 12.0. The van der Waals surface area contributed by atoms with E-state index in [0.29, 0.717) is 11.1 Å². The van der Waals surface area contributed by atoms with Crippen LogP contribution in [-0.4, -0.2) is 23.0 Å². The number of hydrogen-bond acceptors (Lipinski definition) is 3. The van der Waals surface area contributed by atoms with Crippen LogP contribution < -0.4 is 0 Å². The Morgan fingerprint density at radius 3 is 1.95 bits per heavy atom. The first-order chi connectivity index (χ1) is 9.27. The SMILES string of the molecule is O=C(c1ccccc1)C1ON1C(=O)c1ccccc1. The van der Waals surface area contributed by atoms with Crippen LogP contribution in [0.5, 0.6) is 0 Å². The maximum atomic E-state index is 12.0. The highest BCUT2D eigenvalue weighted by Crippen LogP contribution is 2.26. The molecule has 1 saturated heterocycles. The quantitative estimate of drug-likeness (QED) is 0.623. The Kier molecular flexibility index (Phi) is 2.85. The number of carbonyl (C=O) groups excluding carboxylic acids is 2. The zero-order valence-corrected chi connectivity index (χ0v) is 10.0. The molecule has 1 amide bonds. The van der Waals surface area contributed by atoms with Crippen LogP contribution in [0.15, 0.2) is 60.7 Å². The van der Waals surface area contributed by atoms with E-state index in [4.69, 9.17) is 4.84 Å². The van der Waals surface area contributed by atoms with E-state index in [9.17, 15) is 9.59 Å². The summed E-state index contributed by atoms with van der Waals surface area (Å²) in [7, 11) is 0. The minimum atomic E-state index is -0.796. The van der Waals surface area contributed by atoms with E-state index in [1.165, 1.54) is 0 Å². The van der Waals surface area contributed by atoms with Gasteiger partial charge in [0.1, 0.15) is 0 Å². The van der Waals surface area contributed by atoms with Gasteiger partial charge in [0, 0.05) is 11.1 Å². The topological polar surface area (TPSA) is 49.7 Å². The third-order valence-electron chi connectivity index (χ3n) is 2.88. The van der Waals surface area contributed by atoms with Gasteiger partial charge in [0.25, 0.3) is 5.91 Å². The number of rotatable bonds is 3. The molecule has 0 radical (unpaired) electrons. The number of Topliss-reactive ketones (excluding diaryl/α,β-unsaturated/α-hetero) is 1. The Balaban J connectivity index is 1.72. The van der Waals surface area contributed by atoms with Gasteiger partial charge >= 0.3 is 0 Å². The molecule has 0 aromatic heterocycles. The van der Waals surface area contributed by atoms with Gasteiger partial charge in [0.2, 0.25) is 12.0 Å². The highest BCUT2D eigenvalue weighted by atomic mass is 16.8. The highest BCUT2D eigenvalue weighted by molar-refractivity contribution is 6.05. The lowest BCUT2D eigenvalue weighted by Crippen LogP contribution is -2.19. The molecular formula is C15H11NO3. The van der Waals surface area contributed by atoms with E-state index < -0.39 is 6.23 Å². The van der Waals surface area contributed by atoms with Gasteiger partial charge in [-0.2, -0.15) is 5.06 Å². The largest absolute Gasteiger partial charge is 0.289 e. The molecule has 1 aliphatic rings. The molecule has 4 heteroatoms. The molecule has 0 bridgehead atoms. The van der Waals surface area contributed by atoms with Crippen LogP contribution >= 0.6 is 0 Å². The molecule has 0 spiro atoms. The predicted octanol–water partition coefficient (Wildman–Crippen LogP) is 2.28. The predicted molar refractivity (Wildman–Crippen MR) is 68.3 cm³/mol. The van der Waals surface area contributed by atoms with Crippen molar-refractivity contribution in [2.24, 2.45) is 0 Å². The summed E-state index contributed by atoms with van der Waals surface area (Å²) in [5.74, 6) is -0.500. The smallest absolute Gasteiger partial charge is 0.280 e. The lowest BCUT2D eigenvalue weighted by atomic mass is 10.1. The summed E-state index contributed by atoms with van der Waals surface area (Å²) in [6.45, 7) is 0. The average Bonchev–Trinajstić information content (AvgIpc) is 3.28. The summed E-state index contributed by atoms with van der Waals surface area (Å²) in [6, 6.07) is 17.5. The molecule has 0 aliphatic carbocycles. The third kappa shape index (κ3) is 2.26. The highest BCUT2D eigenvalue weighted by Gasteiger charge is 2.47. The van der Waals surface area contributed by atoms with Crippen LogP contribution in [0.1, 0.15) is 20.7 Å². The van der Waals surface area contributed by atoms with Crippen molar-refractivity contribution in [1.29, 1.82) is 0 Å². The number of ketones is 1. The van der Waals surface area contributed by atoms with Crippen LogP contribution in [0.4, 0.5) is 0 Å². The monoisotopic (exact) mass is 253 g/mol. The van der Waals surface area contributed by atoms with E-state index in [-0.39, 0.29) is 11.7 Å². The molecule has 2 aromatic rings. The Morgan fingerprint density at radius 1 is 0.842 bits per heavy atom. The Bertz CT molecular complexity index is 554. The summed E-state index contributed by atoms with van der Waals surface area (Å²) in [6.07, 6.45) is -0.796. The second kappa shape index (κ2) is 4.66. The van der Waals surface area contributed by atoms with Crippen LogP contribution in [0.3, 0.4) is 0 Å². The van der Waals surface area contributed by atoms with E-state index in [0.717, 1.165) is 5.06 Å². The van der Waals surface area contributed by atoms with Crippen LogP contribution in [-0.2, 0) is 4.84 Å². The number of benzene rings is 2. The normalized spacial score (nSPS) is 17.1. The lowest BCUT2D eigenvalue weighted by molar-refractivity contribution is 0.0712. The number of nitrogens with zero attached hydrogens (tertiary/aromatic N) is 1. The van der Waals surface area contributed by atoms with Crippen molar-refractivity contribution in [1.82, 2.24) is 5.06 Å². The van der Waals surface area contributed by atoms with Gasteiger partial charge in [-0.25, -0.2) is 4.84 Å². The third-order valence-corrected chi connectivity index (χ3v) is 2.88. The first kappa shape index (κ1) is 11.6. The van der Waals surface area contributed by atoms with Gasteiger partial charge in [-0.3, -0.25) is 9.59 Å². The van der Waals surface area contributed by atoms with Crippen LogP contribution in [0.25, 0.3) is 0 Å². The Morgan fingerprint density at radius 2 is 1.37 bits per heavy atom. The Labute approximate surface area is 110 Å². The minimum absolute atomic E-state index is 0.204. The molecule has 2 aromatic carbocycles. The van der Waals surface area contributed by atoms with E-state index in [1.807, 2.05) is 12.1 Å². The number of hydroxylamine groups is 2. The fraction of sp³-hybridized carbons (Fsp3) is 0.0667. The molecule has 1 atom stereocenters. The van der Waals surface area contributed by atoms with Crippen LogP contribution in [0, 0.1) is 0 Å². The van der Waals surface area contributed by atoms with Crippen molar-refractivity contribution in [2.45, 2.75) is 6.23 Å². The van der Waals surface area contributed by atoms with E-state index in [1.54, 1.807) is 48.5 Å². The zero-order valence-electron chi connectivity index (χ0n) is 10.0. The van der Waals surface area contributed by atoms with Gasteiger partial charge in [-0.1, -0.05) is 48.5 Å². The molecule has 19 heavy (non-hydrogen) atoms. The number of hydrogen-bond donors (Lipinski definition) is 0. The van der Waals surface area contributed by atoms with E-state index in [2.05, 4.69) is 0 Å². The second-order valence-electron chi connectivity index (χ2n) is 4.19. The minimum Gasteiger partial charge on any atom is -0.289 e. The standard InChI is InChI=1S/C15H11NO3/c17-13(11-7-3-1-4-8-11)15-16(19-15)14(18)12-9-5-2-6-10-12/h1-10,15H. The Hall–Kier alpha value is -2.46. The van der Waals surface area contributed by atoms with Crippen molar-refractivity contribution < 1.29 is 14.4 Å². The van der Waals surface area contributed by atoms with Crippen molar-refractivity contribution in [3.05, 3.63) is 71.8 Å². The number of amides is 1. The van der Waals surface area contributed by atoms with Crippen molar-refractivity contribution >= 4 is 11.7 Å². The summed E-state index contributed by atoms with van der Waals surface area (Å²) in [5.41, 5.74) is 1.04. The first-order valence-electron chi connectivity index (χ1n) is 5.92. The average molecular weight is 253 g/mol. The molecule has 1 aliphatic heterocycles. The first-order valence-corrected chi connectivity index (χ1v) is 5.92. The second-order valence-corrected chi connectivity index (χ2v) is 4.19. The van der Waals surface area contributed by atoms with Crippen molar-refractivity contribution in [3.8, 4) is 0 Å². The summed E-state index contributed by atoms with van der Waals surface area (Å²) < 4.78 is 0.